The lowest BCUT2D eigenvalue weighted by atomic mass is 10.1. The molecule has 2 heterocycles. The van der Waals surface area contributed by atoms with Gasteiger partial charge < -0.3 is 9.73 Å². The lowest BCUT2D eigenvalue weighted by Gasteiger charge is -2.15. The summed E-state index contributed by atoms with van der Waals surface area (Å²) in [5.41, 5.74) is 3.14. The molecule has 0 aliphatic rings. The van der Waals surface area contributed by atoms with Gasteiger partial charge in [-0.25, -0.2) is 9.67 Å². The highest BCUT2D eigenvalue weighted by Gasteiger charge is 2.21. The van der Waals surface area contributed by atoms with Crippen LogP contribution in [0.5, 0.6) is 0 Å². The van der Waals surface area contributed by atoms with Crippen LogP contribution in [0.15, 0.2) is 41.0 Å². The average Bonchev–Trinajstić information content (AvgIpc) is 3.17. The van der Waals surface area contributed by atoms with Crippen LogP contribution in [0.1, 0.15) is 36.8 Å². The zero-order valence-corrected chi connectivity index (χ0v) is 14.2. The van der Waals surface area contributed by atoms with Gasteiger partial charge >= 0.3 is 0 Å². The molecule has 6 heteroatoms. The average molecular weight is 324 g/mol. The Labute approximate surface area is 140 Å². The van der Waals surface area contributed by atoms with Gasteiger partial charge in [-0.3, -0.25) is 4.79 Å². The Morgan fingerprint density at radius 1 is 1.29 bits per heavy atom. The number of hydrogen-bond donors (Lipinski definition) is 1. The van der Waals surface area contributed by atoms with Crippen LogP contribution in [0.3, 0.4) is 0 Å². The van der Waals surface area contributed by atoms with Gasteiger partial charge in [-0.2, -0.15) is 0 Å². The minimum absolute atomic E-state index is 0.113. The van der Waals surface area contributed by atoms with E-state index in [9.17, 15) is 4.79 Å². The van der Waals surface area contributed by atoms with Crippen molar-refractivity contribution in [1.82, 2.24) is 20.1 Å². The first-order chi connectivity index (χ1) is 11.5. The topological polar surface area (TPSA) is 73.0 Å². The highest BCUT2D eigenvalue weighted by molar-refractivity contribution is 5.73. The minimum atomic E-state index is -0.279. The summed E-state index contributed by atoms with van der Waals surface area (Å²) < 4.78 is 7.19. The largest absolute Gasteiger partial charge is 0.461 e. The number of furan rings is 1. The van der Waals surface area contributed by atoms with Crippen molar-refractivity contribution in [3.63, 3.8) is 0 Å². The van der Waals surface area contributed by atoms with Crippen molar-refractivity contribution in [2.75, 3.05) is 0 Å². The molecule has 3 rings (SSSR count). The summed E-state index contributed by atoms with van der Waals surface area (Å²) >= 11 is 0. The van der Waals surface area contributed by atoms with Gasteiger partial charge in [0, 0.05) is 6.92 Å². The normalized spacial score (nSPS) is 12.2. The molecule has 0 aliphatic heterocycles. The van der Waals surface area contributed by atoms with Crippen LogP contribution in [-0.2, 0) is 4.79 Å². The fourth-order valence-corrected chi connectivity index (χ4v) is 2.61. The third kappa shape index (κ3) is 3.08. The fourth-order valence-electron chi connectivity index (χ4n) is 2.61. The molecule has 0 aliphatic carbocycles. The van der Waals surface area contributed by atoms with Crippen molar-refractivity contribution >= 4 is 5.91 Å². The van der Waals surface area contributed by atoms with Crippen molar-refractivity contribution in [1.29, 1.82) is 0 Å². The second-order valence-electron chi connectivity index (χ2n) is 5.89. The van der Waals surface area contributed by atoms with Crippen molar-refractivity contribution in [3.8, 4) is 17.3 Å². The molecule has 24 heavy (non-hydrogen) atoms. The van der Waals surface area contributed by atoms with Crippen LogP contribution in [0.4, 0.5) is 0 Å². The summed E-state index contributed by atoms with van der Waals surface area (Å²) in [7, 11) is 0. The van der Waals surface area contributed by atoms with Gasteiger partial charge in [0.1, 0.15) is 0 Å². The molecule has 1 aromatic carbocycles. The summed E-state index contributed by atoms with van der Waals surface area (Å²) in [5, 5.41) is 7.48. The highest BCUT2D eigenvalue weighted by Crippen LogP contribution is 2.24. The Balaban J connectivity index is 2.15. The lowest BCUT2D eigenvalue weighted by Crippen LogP contribution is -2.26. The summed E-state index contributed by atoms with van der Waals surface area (Å²) in [6.07, 6.45) is 1.59. The van der Waals surface area contributed by atoms with Crippen molar-refractivity contribution in [2.24, 2.45) is 0 Å². The van der Waals surface area contributed by atoms with E-state index in [-0.39, 0.29) is 11.9 Å². The van der Waals surface area contributed by atoms with E-state index in [0.29, 0.717) is 17.4 Å². The van der Waals surface area contributed by atoms with Crippen molar-refractivity contribution < 1.29 is 9.21 Å². The fraction of sp³-hybridized carbons (Fsp3) is 0.278. The number of aryl methyl sites for hydroxylation is 2. The standard InChI is InChI=1S/C18H20N4O2/c1-11-7-8-12(2)15(10-11)22-18(13(3)19-14(4)23)20-17(21-22)16-6-5-9-24-16/h5-10,13H,1-4H3,(H,19,23)/t13-/m0/s1. The molecule has 3 aromatic rings. The molecule has 2 aromatic heterocycles. The summed E-state index contributed by atoms with van der Waals surface area (Å²) in [6, 6.07) is 9.49. The van der Waals surface area contributed by atoms with Gasteiger partial charge in [0.2, 0.25) is 11.7 Å². The smallest absolute Gasteiger partial charge is 0.217 e. The van der Waals surface area contributed by atoms with Crippen LogP contribution in [0.2, 0.25) is 0 Å². The summed E-state index contributed by atoms with van der Waals surface area (Å²) in [4.78, 5) is 16.0. The zero-order chi connectivity index (χ0) is 17.3. The first-order valence-electron chi connectivity index (χ1n) is 7.81. The number of carbonyl (C=O) groups is 1. The monoisotopic (exact) mass is 324 g/mol. The van der Waals surface area contributed by atoms with Crippen molar-refractivity contribution in [3.05, 3.63) is 53.5 Å². The number of hydrogen-bond acceptors (Lipinski definition) is 4. The van der Waals surface area contributed by atoms with E-state index in [1.807, 2.05) is 32.9 Å². The number of nitrogens with zero attached hydrogens (tertiary/aromatic N) is 3. The molecule has 0 radical (unpaired) electrons. The van der Waals surface area contributed by atoms with E-state index in [1.54, 1.807) is 17.0 Å². The SMILES string of the molecule is CC(=O)N[C@@H](C)c1nc(-c2ccco2)nn1-c1cc(C)ccc1C. The molecule has 0 saturated carbocycles. The Morgan fingerprint density at radius 2 is 2.08 bits per heavy atom. The van der Waals surface area contributed by atoms with E-state index in [0.717, 1.165) is 16.8 Å². The minimum Gasteiger partial charge on any atom is -0.461 e. The van der Waals surface area contributed by atoms with Gasteiger partial charge in [-0.05, 0) is 50.1 Å². The molecule has 0 saturated heterocycles. The maximum absolute atomic E-state index is 11.4. The molecular formula is C18H20N4O2. The Hall–Kier alpha value is -2.89. The number of aromatic nitrogens is 3. The van der Waals surface area contributed by atoms with E-state index >= 15 is 0 Å². The van der Waals surface area contributed by atoms with E-state index < -0.39 is 0 Å². The second-order valence-corrected chi connectivity index (χ2v) is 5.89. The molecule has 0 bridgehead atoms. The number of benzene rings is 1. The second kappa shape index (κ2) is 6.31. The van der Waals surface area contributed by atoms with Gasteiger partial charge in [0.25, 0.3) is 0 Å². The molecular weight excluding hydrogens is 304 g/mol. The molecule has 0 fully saturated rings. The van der Waals surface area contributed by atoms with Crippen LogP contribution in [0, 0.1) is 13.8 Å². The maximum atomic E-state index is 11.4. The lowest BCUT2D eigenvalue weighted by molar-refractivity contribution is -0.119. The van der Waals surface area contributed by atoms with Gasteiger partial charge in [0.15, 0.2) is 11.6 Å². The Kier molecular flexibility index (Phi) is 4.20. The van der Waals surface area contributed by atoms with E-state index in [2.05, 4.69) is 27.5 Å². The summed E-state index contributed by atoms with van der Waals surface area (Å²) in [5.74, 6) is 1.63. The first kappa shape index (κ1) is 16.0. The third-order valence-electron chi connectivity index (χ3n) is 3.77. The van der Waals surface area contributed by atoms with Gasteiger partial charge in [-0.15, -0.1) is 5.10 Å². The number of rotatable bonds is 4. The molecule has 0 spiro atoms. The van der Waals surface area contributed by atoms with Crippen LogP contribution in [0.25, 0.3) is 17.3 Å². The molecule has 1 amide bonds. The highest BCUT2D eigenvalue weighted by atomic mass is 16.3. The number of amides is 1. The molecule has 124 valence electrons. The Morgan fingerprint density at radius 3 is 2.75 bits per heavy atom. The van der Waals surface area contributed by atoms with Crippen molar-refractivity contribution in [2.45, 2.75) is 33.7 Å². The molecule has 0 unspecified atom stereocenters. The molecule has 1 N–H and O–H groups in total. The first-order valence-corrected chi connectivity index (χ1v) is 7.81. The molecule has 1 atom stereocenters. The molecule has 6 nitrogen and oxygen atoms in total. The summed E-state index contributed by atoms with van der Waals surface area (Å²) in [6.45, 7) is 7.43. The third-order valence-corrected chi connectivity index (χ3v) is 3.77. The van der Waals surface area contributed by atoms with Gasteiger partial charge in [0.05, 0.1) is 18.0 Å². The van der Waals surface area contributed by atoms with Crippen LogP contribution in [-0.4, -0.2) is 20.7 Å². The maximum Gasteiger partial charge on any atom is 0.217 e. The predicted molar refractivity (Wildman–Crippen MR) is 90.8 cm³/mol. The van der Waals surface area contributed by atoms with E-state index in [4.69, 9.17) is 4.42 Å². The number of carbonyl (C=O) groups excluding carboxylic acids is 1. The van der Waals surface area contributed by atoms with Crippen LogP contribution < -0.4 is 5.32 Å². The predicted octanol–water partition coefficient (Wildman–Crippen LogP) is 3.34. The zero-order valence-electron chi connectivity index (χ0n) is 14.2. The Bertz CT molecular complexity index is 865. The van der Waals surface area contributed by atoms with E-state index in [1.165, 1.54) is 6.92 Å². The number of nitrogens with one attached hydrogen (secondary N) is 1. The van der Waals surface area contributed by atoms with Gasteiger partial charge in [-0.1, -0.05) is 12.1 Å². The quantitative estimate of drug-likeness (QED) is 0.799. The van der Waals surface area contributed by atoms with Crippen LogP contribution >= 0.6 is 0 Å².